The van der Waals surface area contributed by atoms with E-state index in [-0.39, 0.29) is 5.91 Å². The number of pyridine rings is 1. The summed E-state index contributed by atoms with van der Waals surface area (Å²) in [6.45, 7) is 8.69. The Bertz CT molecular complexity index is 960. The van der Waals surface area contributed by atoms with E-state index in [9.17, 15) is 4.79 Å². The molecule has 1 aliphatic heterocycles. The summed E-state index contributed by atoms with van der Waals surface area (Å²) in [6.07, 6.45) is 14.0. The third-order valence-corrected chi connectivity index (χ3v) is 5.45. The number of nitrogens with one attached hydrogen (secondary N) is 2. The molecule has 0 bridgehead atoms. The largest absolute Gasteiger partial charge is 0.321 e. The van der Waals surface area contributed by atoms with Crippen molar-refractivity contribution < 1.29 is 4.79 Å². The van der Waals surface area contributed by atoms with Gasteiger partial charge in [-0.1, -0.05) is 30.7 Å². The van der Waals surface area contributed by atoms with Crippen LogP contribution in [0.3, 0.4) is 0 Å². The highest BCUT2D eigenvalue weighted by molar-refractivity contribution is 8.01. The number of piperidine rings is 1. The van der Waals surface area contributed by atoms with Gasteiger partial charge >= 0.3 is 0 Å². The third-order valence-electron chi connectivity index (χ3n) is 4.99. The highest BCUT2D eigenvalue weighted by Gasteiger charge is 2.08. The molecule has 0 saturated carbocycles. The Morgan fingerprint density at radius 2 is 1.97 bits per heavy atom. The molecule has 8 heteroatoms. The van der Waals surface area contributed by atoms with Gasteiger partial charge in [-0.25, -0.2) is 0 Å². The van der Waals surface area contributed by atoms with E-state index in [1.165, 1.54) is 44.1 Å². The number of amides is 1. The number of para-hydroxylation sites is 1. The lowest BCUT2D eigenvalue weighted by Gasteiger charge is -2.14. The Kier molecular flexibility index (Phi) is 13.8. The third kappa shape index (κ3) is 12.2. The maximum absolute atomic E-state index is 12.5. The minimum atomic E-state index is -0.259. The number of carbonyl (C=O) groups is 1. The Morgan fingerprint density at radius 3 is 2.54 bits per heavy atom. The molecular weight excluding hydrogens is 456 g/mol. The van der Waals surface area contributed by atoms with E-state index >= 15 is 0 Å². The van der Waals surface area contributed by atoms with E-state index in [4.69, 9.17) is 0 Å². The molecule has 0 spiro atoms. The van der Waals surface area contributed by atoms with Crippen molar-refractivity contribution in [2.45, 2.75) is 32.6 Å². The fourth-order valence-electron chi connectivity index (χ4n) is 3.18. The van der Waals surface area contributed by atoms with Crippen LogP contribution in [0.5, 0.6) is 0 Å². The predicted octanol–water partition coefficient (Wildman–Crippen LogP) is 5.12. The van der Waals surface area contributed by atoms with Crippen LogP contribution in [0, 0.1) is 0 Å². The van der Waals surface area contributed by atoms with E-state index in [0.717, 1.165) is 23.2 Å². The fourth-order valence-corrected chi connectivity index (χ4v) is 3.57. The Morgan fingerprint density at radius 1 is 1.20 bits per heavy atom. The normalized spacial score (nSPS) is 14.1. The number of thioether (sulfide) groups is 1. The van der Waals surface area contributed by atoms with Gasteiger partial charge in [-0.3, -0.25) is 19.8 Å². The maximum Gasteiger partial charge on any atom is 0.274 e. The minimum Gasteiger partial charge on any atom is -0.321 e. The quantitative estimate of drug-likeness (QED) is 0.273. The molecule has 1 aliphatic rings. The van der Waals surface area contributed by atoms with E-state index in [2.05, 4.69) is 32.4 Å². The topological polar surface area (TPSA) is 82.0 Å². The molecular formula is C27H36N6OS. The standard InChI is InChI=1S/C22H25N5OS.C5H11N/c1-18(16-27(23-2)13-11-19-8-7-12-24-15-19)14-25-21(17-29-3)22(28)26-20-9-5-4-6-10-20;1-2-4-6-5-3-1/h4-10,12,14-17H,2,11,13H2,1,3H3,(H,26,28);6H,1-5H2/b18-16+,21-17-,25-14+;. The average molecular weight is 493 g/mol. The van der Waals surface area contributed by atoms with Gasteiger partial charge < -0.3 is 10.6 Å². The number of hydrogen-bond acceptors (Lipinski definition) is 7. The van der Waals surface area contributed by atoms with Gasteiger partial charge in [0.2, 0.25) is 0 Å². The Hall–Kier alpha value is -3.23. The van der Waals surface area contributed by atoms with Gasteiger partial charge in [0.1, 0.15) is 5.70 Å². The summed E-state index contributed by atoms with van der Waals surface area (Å²) in [6, 6.07) is 13.2. The number of anilines is 1. The zero-order chi connectivity index (χ0) is 25.1. The maximum atomic E-state index is 12.5. The summed E-state index contributed by atoms with van der Waals surface area (Å²) in [5.41, 5.74) is 3.04. The molecule has 1 saturated heterocycles. The summed E-state index contributed by atoms with van der Waals surface area (Å²) >= 11 is 1.42. The molecule has 1 aromatic heterocycles. The minimum absolute atomic E-state index is 0.259. The summed E-state index contributed by atoms with van der Waals surface area (Å²) in [5.74, 6) is -0.259. The highest BCUT2D eigenvalue weighted by atomic mass is 32.2. The number of nitrogens with zero attached hydrogens (tertiary/aromatic N) is 4. The fraction of sp³-hybridized carbons (Fsp3) is 0.333. The van der Waals surface area contributed by atoms with Crippen molar-refractivity contribution in [3.05, 3.63) is 83.3 Å². The van der Waals surface area contributed by atoms with Crippen LogP contribution < -0.4 is 10.6 Å². The molecule has 1 fully saturated rings. The Labute approximate surface area is 213 Å². The van der Waals surface area contributed by atoms with Crippen molar-refractivity contribution in [2.75, 3.05) is 31.2 Å². The molecule has 0 radical (unpaired) electrons. The summed E-state index contributed by atoms with van der Waals surface area (Å²) in [5, 5.41) is 13.6. The van der Waals surface area contributed by atoms with E-state index < -0.39 is 0 Å². The van der Waals surface area contributed by atoms with E-state index in [1.54, 1.807) is 22.8 Å². The van der Waals surface area contributed by atoms with E-state index in [0.29, 0.717) is 12.2 Å². The number of carbonyl (C=O) groups excluding carboxylic acids is 1. The zero-order valence-electron chi connectivity index (χ0n) is 20.7. The molecule has 0 aliphatic carbocycles. The molecule has 2 N–H and O–H groups in total. The lowest BCUT2D eigenvalue weighted by atomic mass is 10.2. The van der Waals surface area contributed by atoms with Gasteiger partial charge in [0, 0.05) is 49.2 Å². The van der Waals surface area contributed by atoms with Crippen molar-refractivity contribution in [1.82, 2.24) is 15.3 Å². The van der Waals surface area contributed by atoms with Crippen LogP contribution in [0.4, 0.5) is 5.69 Å². The second-order valence-electron chi connectivity index (χ2n) is 7.92. The molecule has 35 heavy (non-hydrogen) atoms. The second-order valence-corrected chi connectivity index (χ2v) is 8.62. The molecule has 2 aromatic rings. The van der Waals surface area contributed by atoms with Crippen LogP contribution >= 0.6 is 11.8 Å². The molecule has 0 atom stereocenters. The van der Waals surface area contributed by atoms with Crippen LogP contribution in [-0.4, -0.2) is 54.7 Å². The molecule has 0 unspecified atom stereocenters. The monoisotopic (exact) mass is 492 g/mol. The van der Waals surface area contributed by atoms with Crippen LogP contribution in [0.15, 0.2) is 87.8 Å². The summed E-state index contributed by atoms with van der Waals surface area (Å²) < 4.78 is 0. The van der Waals surface area contributed by atoms with Crippen LogP contribution in [0.2, 0.25) is 0 Å². The van der Waals surface area contributed by atoms with Crippen molar-refractivity contribution in [3.63, 3.8) is 0 Å². The number of aromatic nitrogens is 1. The zero-order valence-corrected chi connectivity index (χ0v) is 21.5. The molecule has 3 rings (SSSR count). The lowest BCUT2D eigenvalue weighted by molar-refractivity contribution is -0.112. The number of aliphatic imine (C=N–C) groups is 1. The highest BCUT2D eigenvalue weighted by Crippen LogP contribution is 2.11. The molecule has 186 valence electrons. The SMILES string of the molecule is C1CCNCC1.C=NN(/C=C(C)/C=N/C(=C\SC)C(=O)Nc1ccccc1)CCc1cccnc1. The van der Waals surface area contributed by atoms with Crippen LogP contribution in [0.1, 0.15) is 31.7 Å². The summed E-state index contributed by atoms with van der Waals surface area (Å²) in [4.78, 5) is 20.9. The number of allylic oxidation sites excluding steroid dienone is 1. The van der Waals surface area contributed by atoms with Crippen LogP contribution in [0.25, 0.3) is 0 Å². The number of hydrogen-bond donors (Lipinski definition) is 2. The van der Waals surface area contributed by atoms with Gasteiger partial charge in [0.05, 0.1) is 0 Å². The smallest absolute Gasteiger partial charge is 0.274 e. The van der Waals surface area contributed by atoms with Crippen LogP contribution in [-0.2, 0) is 11.2 Å². The van der Waals surface area contributed by atoms with E-state index in [1.807, 2.05) is 68.0 Å². The van der Waals surface area contributed by atoms with Crippen molar-refractivity contribution in [2.24, 2.45) is 10.1 Å². The predicted molar refractivity (Wildman–Crippen MR) is 150 cm³/mol. The molecule has 2 heterocycles. The summed E-state index contributed by atoms with van der Waals surface area (Å²) in [7, 11) is 0. The van der Waals surface area contributed by atoms with Crippen molar-refractivity contribution in [1.29, 1.82) is 0 Å². The first-order valence-electron chi connectivity index (χ1n) is 11.8. The van der Waals surface area contributed by atoms with Gasteiger partial charge in [-0.05, 0) is 74.9 Å². The first-order chi connectivity index (χ1) is 17.1. The first-order valence-corrected chi connectivity index (χ1v) is 13.1. The number of benzene rings is 1. The van der Waals surface area contributed by atoms with Gasteiger partial charge in [0.25, 0.3) is 5.91 Å². The van der Waals surface area contributed by atoms with Gasteiger partial charge in [-0.2, -0.15) is 5.10 Å². The molecule has 1 amide bonds. The average Bonchev–Trinajstić information content (AvgIpc) is 2.91. The lowest BCUT2D eigenvalue weighted by Crippen LogP contribution is -2.21. The second kappa shape index (κ2) is 17.2. The first kappa shape index (κ1) is 28.0. The van der Waals surface area contributed by atoms with Gasteiger partial charge in [-0.15, -0.1) is 11.8 Å². The number of rotatable bonds is 10. The molecule has 1 aromatic carbocycles. The Balaban J connectivity index is 0.000000625. The van der Waals surface area contributed by atoms with Gasteiger partial charge in [0.15, 0.2) is 0 Å². The van der Waals surface area contributed by atoms with Crippen molar-refractivity contribution >= 4 is 36.3 Å². The molecule has 7 nitrogen and oxygen atoms in total. The van der Waals surface area contributed by atoms with Crippen molar-refractivity contribution in [3.8, 4) is 0 Å². The number of hydrazone groups is 1.